The van der Waals surface area contributed by atoms with E-state index in [-0.39, 0.29) is 102 Å². The van der Waals surface area contributed by atoms with Gasteiger partial charge >= 0.3 is 88.7 Å². The molecule has 0 saturated heterocycles. The standard InChI is InChI=1S/C2H4O2.3Na.S/c1-2(3)4;;;;/h1H3,(H,3,4);;;;/q;3*+1;-2. The maximum absolute atomic E-state index is 9.00. The third-order valence-electron chi connectivity index (χ3n) is 0. The first-order chi connectivity index (χ1) is 1.73. The van der Waals surface area contributed by atoms with Crippen LogP contribution in [0.3, 0.4) is 0 Å². The van der Waals surface area contributed by atoms with Crippen molar-refractivity contribution in [3.05, 3.63) is 0 Å². The van der Waals surface area contributed by atoms with Crippen LogP contribution in [-0.4, -0.2) is 11.1 Å². The van der Waals surface area contributed by atoms with Gasteiger partial charge in [0.25, 0.3) is 5.97 Å². The third kappa shape index (κ3) is 67.8. The van der Waals surface area contributed by atoms with Gasteiger partial charge < -0.3 is 18.6 Å². The summed E-state index contributed by atoms with van der Waals surface area (Å²) >= 11 is 0. The molecule has 0 aliphatic heterocycles. The SMILES string of the molecule is CC(=O)O.[Na+].[Na+].[Na+].[S-2]. The molecule has 2 nitrogen and oxygen atoms in total. The van der Waals surface area contributed by atoms with Gasteiger partial charge in [0.2, 0.25) is 0 Å². The number of carboxylic acid groups (broad SMARTS) is 1. The molecule has 1 N–H and O–H groups in total. The van der Waals surface area contributed by atoms with E-state index in [0.29, 0.717) is 0 Å². The second-order valence-electron chi connectivity index (χ2n) is 0.519. The molecule has 0 bridgehead atoms. The number of hydrogen-bond acceptors (Lipinski definition) is 1. The van der Waals surface area contributed by atoms with Crippen molar-refractivity contribution in [3.8, 4) is 0 Å². The Morgan fingerprint density at radius 1 is 1.25 bits per heavy atom. The van der Waals surface area contributed by atoms with Crippen LogP contribution in [0.15, 0.2) is 0 Å². The van der Waals surface area contributed by atoms with Crippen molar-refractivity contribution < 1.29 is 98.6 Å². The Labute approximate surface area is 122 Å². The molecule has 6 heteroatoms. The summed E-state index contributed by atoms with van der Waals surface area (Å²) in [5, 5.41) is 7.42. The van der Waals surface area contributed by atoms with Crippen LogP contribution in [-0.2, 0) is 18.3 Å². The zero-order chi connectivity index (χ0) is 3.58. The zero-order valence-corrected chi connectivity index (χ0v) is 12.6. The quantitative estimate of drug-likeness (QED) is 0.358. The van der Waals surface area contributed by atoms with Crippen LogP contribution in [0.2, 0.25) is 0 Å². The zero-order valence-electron chi connectivity index (χ0n) is 5.76. The summed E-state index contributed by atoms with van der Waals surface area (Å²) < 4.78 is 0. The average Bonchev–Trinajstić information content (AvgIpc) is 0.811. The molecule has 0 spiro atoms. The van der Waals surface area contributed by atoms with Crippen LogP contribution in [0, 0.1) is 0 Å². The van der Waals surface area contributed by atoms with E-state index in [1.165, 1.54) is 0 Å². The first-order valence-electron chi connectivity index (χ1n) is 0.928. The van der Waals surface area contributed by atoms with Gasteiger partial charge in [-0.15, -0.1) is 0 Å². The second-order valence-corrected chi connectivity index (χ2v) is 0.519. The van der Waals surface area contributed by atoms with Gasteiger partial charge in [-0.25, -0.2) is 0 Å². The molecule has 0 saturated carbocycles. The molecule has 32 valence electrons. The number of carboxylic acids is 1. The van der Waals surface area contributed by atoms with Crippen LogP contribution < -0.4 is 88.7 Å². The van der Waals surface area contributed by atoms with E-state index in [1.807, 2.05) is 0 Å². The molecule has 0 atom stereocenters. The van der Waals surface area contributed by atoms with Crippen LogP contribution in [0.4, 0.5) is 0 Å². The number of rotatable bonds is 0. The Bertz CT molecular complexity index is 38.3. The van der Waals surface area contributed by atoms with Crippen LogP contribution in [0.1, 0.15) is 6.92 Å². The Kier molecular flexibility index (Phi) is 86.8. The fraction of sp³-hybridized carbons (Fsp3) is 0.500. The van der Waals surface area contributed by atoms with Crippen molar-refractivity contribution in [2.24, 2.45) is 0 Å². The Balaban J connectivity index is -0.00000000750. The van der Waals surface area contributed by atoms with Crippen molar-refractivity contribution in [2.45, 2.75) is 6.92 Å². The minimum absolute atomic E-state index is 0. The van der Waals surface area contributed by atoms with E-state index in [1.54, 1.807) is 0 Å². The molecular weight excluding hydrogens is 157 g/mol. The molecule has 0 heterocycles. The van der Waals surface area contributed by atoms with Crippen LogP contribution in [0.5, 0.6) is 0 Å². The molecule has 0 amide bonds. The summed E-state index contributed by atoms with van der Waals surface area (Å²) in [5.74, 6) is -0.833. The summed E-state index contributed by atoms with van der Waals surface area (Å²) in [6, 6.07) is 0. The van der Waals surface area contributed by atoms with Gasteiger partial charge in [-0.1, -0.05) is 0 Å². The molecule has 0 aliphatic carbocycles. The largest absolute Gasteiger partial charge is 2.00 e. The van der Waals surface area contributed by atoms with Gasteiger partial charge in [0.15, 0.2) is 0 Å². The third-order valence-corrected chi connectivity index (χ3v) is 0. The van der Waals surface area contributed by atoms with Gasteiger partial charge in [-0.05, 0) is 0 Å². The Hall–Kier alpha value is 2.82. The molecule has 0 aromatic carbocycles. The predicted octanol–water partition coefficient (Wildman–Crippen LogP) is -8.90. The molecule has 0 rings (SSSR count). The van der Waals surface area contributed by atoms with E-state index >= 15 is 0 Å². The van der Waals surface area contributed by atoms with E-state index in [0.717, 1.165) is 6.92 Å². The summed E-state index contributed by atoms with van der Waals surface area (Å²) in [7, 11) is 0. The summed E-state index contributed by atoms with van der Waals surface area (Å²) in [4.78, 5) is 9.00. The van der Waals surface area contributed by atoms with Crippen molar-refractivity contribution in [3.63, 3.8) is 0 Å². The number of hydrogen-bond donors (Lipinski definition) is 1. The smallest absolute Gasteiger partial charge is 1.00 e. The Morgan fingerprint density at radius 2 is 1.25 bits per heavy atom. The second kappa shape index (κ2) is 22.6. The summed E-state index contributed by atoms with van der Waals surface area (Å²) in [6.07, 6.45) is 0. The van der Waals surface area contributed by atoms with Gasteiger partial charge in [0, 0.05) is 6.92 Å². The average molecular weight is 161 g/mol. The van der Waals surface area contributed by atoms with E-state index in [9.17, 15) is 0 Å². The van der Waals surface area contributed by atoms with E-state index < -0.39 is 5.97 Å². The molecule has 0 aromatic heterocycles. The topological polar surface area (TPSA) is 37.3 Å². The van der Waals surface area contributed by atoms with Crippen molar-refractivity contribution >= 4 is 19.5 Å². The Morgan fingerprint density at radius 3 is 1.25 bits per heavy atom. The van der Waals surface area contributed by atoms with Crippen LogP contribution in [0.25, 0.3) is 0 Å². The predicted molar refractivity (Wildman–Crippen MR) is 20.7 cm³/mol. The van der Waals surface area contributed by atoms with Crippen LogP contribution >= 0.6 is 0 Å². The fourth-order valence-corrected chi connectivity index (χ4v) is 0. The maximum Gasteiger partial charge on any atom is 1.00 e. The van der Waals surface area contributed by atoms with Gasteiger partial charge in [-0.3, -0.25) is 4.79 Å². The monoisotopic (exact) mass is 161 g/mol. The maximum atomic E-state index is 9.00. The molecule has 0 unspecified atom stereocenters. The van der Waals surface area contributed by atoms with Gasteiger partial charge in [-0.2, -0.15) is 0 Å². The molecule has 0 aliphatic rings. The van der Waals surface area contributed by atoms with Crippen molar-refractivity contribution in [1.29, 1.82) is 0 Å². The van der Waals surface area contributed by atoms with Gasteiger partial charge in [0.05, 0.1) is 0 Å². The van der Waals surface area contributed by atoms with Crippen molar-refractivity contribution in [2.75, 3.05) is 0 Å². The molecular formula is C2H4Na3O2S+. The molecule has 8 heavy (non-hydrogen) atoms. The normalized spacial score (nSPS) is 3.12. The van der Waals surface area contributed by atoms with Crippen molar-refractivity contribution in [1.82, 2.24) is 0 Å². The fourth-order valence-electron chi connectivity index (χ4n) is 0. The minimum Gasteiger partial charge on any atom is -2.00 e. The molecule has 0 aromatic rings. The number of aliphatic carboxylic acids is 1. The minimum atomic E-state index is -0.833. The first kappa shape index (κ1) is 30.8. The summed E-state index contributed by atoms with van der Waals surface area (Å²) in [5.41, 5.74) is 0. The summed E-state index contributed by atoms with van der Waals surface area (Å²) in [6.45, 7) is 1.08. The molecule has 0 fully saturated rings. The molecule has 0 radical (unpaired) electrons. The first-order valence-corrected chi connectivity index (χ1v) is 0.928. The van der Waals surface area contributed by atoms with E-state index in [2.05, 4.69) is 0 Å². The van der Waals surface area contributed by atoms with Gasteiger partial charge in [0.1, 0.15) is 0 Å². The number of carbonyl (C=O) groups is 1. The van der Waals surface area contributed by atoms with E-state index in [4.69, 9.17) is 9.90 Å².